The van der Waals surface area contributed by atoms with Crippen molar-refractivity contribution in [3.63, 3.8) is 0 Å². The molecule has 0 aliphatic carbocycles. The van der Waals surface area contributed by atoms with Crippen molar-refractivity contribution in [1.82, 2.24) is 0 Å². The van der Waals surface area contributed by atoms with Crippen LogP contribution in [-0.4, -0.2) is 38.1 Å². The first-order chi connectivity index (χ1) is 12.1. The normalized spacial score (nSPS) is 10.0. The minimum atomic E-state index is -0.678. The second-order valence-electron chi connectivity index (χ2n) is 5.12. The molecule has 6 heteroatoms. The van der Waals surface area contributed by atoms with E-state index in [1.54, 1.807) is 6.07 Å². The van der Waals surface area contributed by atoms with Crippen molar-refractivity contribution in [1.29, 1.82) is 0 Å². The fourth-order valence-corrected chi connectivity index (χ4v) is 2.29. The van der Waals surface area contributed by atoms with E-state index in [0.29, 0.717) is 6.54 Å². The van der Waals surface area contributed by atoms with Gasteiger partial charge in [-0.15, -0.1) is 0 Å². The van der Waals surface area contributed by atoms with E-state index in [9.17, 15) is 14.4 Å². The maximum absolute atomic E-state index is 12.3. The van der Waals surface area contributed by atoms with Gasteiger partial charge in [0.1, 0.15) is 0 Å². The predicted molar refractivity (Wildman–Crippen MR) is 92.5 cm³/mol. The van der Waals surface area contributed by atoms with E-state index in [0.717, 1.165) is 5.69 Å². The summed E-state index contributed by atoms with van der Waals surface area (Å²) < 4.78 is 9.69. The van der Waals surface area contributed by atoms with Crippen LogP contribution in [0.2, 0.25) is 0 Å². The molecule has 0 heterocycles. The molecule has 0 saturated heterocycles. The van der Waals surface area contributed by atoms with E-state index in [1.807, 2.05) is 37.3 Å². The third kappa shape index (κ3) is 4.67. The average Bonchev–Trinajstić information content (AvgIpc) is 2.67. The number of rotatable bonds is 6. The second-order valence-corrected chi connectivity index (χ2v) is 5.12. The molecule has 0 aromatic heterocycles. The van der Waals surface area contributed by atoms with Crippen molar-refractivity contribution < 1.29 is 23.9 Å². The molecule has 0 saturated carbocycles. The Labute approximate surface area is 146 Å². The number of ether oxygens (including phenoxy) is 2. The highest BCUT2D eigenvalue weighted by molar-refractivity contribution is 5.98. The number of esters is 2. The van der Waals surface area contributed by atoms with Gasteiger partial charge in [-0.25, -0.2) is 9.59 Å². The Hall–Kier alpha value is -3.15. The van der Waals surface area contributed by atoms with Crippen LogP contribution in [0.5, 0.6) is 0 Å². The van der Waals surface area contributed by atoms with Gasteiger partial charge in [-0.05, 0) is 37.3 Å². The van der Waals surface area contributed by atoms with Crippen molar-refractivity contribution >= 4 is 23.5 Å². The lowest BCUT2D eigenvalue weighted by Crippen LogP contribution is -2.34. The Morgan fingerprint density at radius 2 is 1.56 bits per heavy atom. The van der Waals surface area contributed by atoms with Gasteiger partial charge in [-0.1, -0.05) is 24.3 Å². The third-order valence-corrected chi connectivity index (χ3v) is 3.53. The van der Waals surface area contributed by atoms with Crippen LogP contribution in [0, 0.1) is 0 Å². The van der Waals surface area contributed by atoms with Crippen molar-refractivity contribution in [3.8, 4) is 0 Å². The van der Waals surface area contributed by atoms with Crippen LogP contribution in [-0.2, 0) is 14.3 Å². The minimum absolute atomic E-state index is 0.179. The number of hydrogen-bond donors (Lipinski definition) is 0. The molecule has 130 valence electrons. The smallest absolute Gasteiger partial charge is 0.338 e. The number of hydrogen-bond acceptors (Lipinski definition) is 5. The highest BCUT2D eigenvalue weighted by Gasteiger charge is 2.17. The van der Waals surface area contributed by atoms with E-state index in [4.69, 9.17) is 4.74 Å². The van der Waals surface area contributed by atoms with Gasteiger partial charge in [-0.2, -0.15) is 0 Å². The van der Waals surface area contributed by atoms with Crippen molar-refractivity contribution in [2.24, 2.45) is 0 Å². The third-order valence-electron chi connectivity index (χ3n) is 3.53. The Balaban J connectivity index is 2.01. The summed E-state index contributed by atoms with van der Waals surface area (Å²) in [7, 11) is 1.26. The van der Waals surface area contributed by atoms with Crippen LogP contribution in [0.25, 0.3) is 0 Å². The lowest BCUT2D eigenvalue weighted by molar-refractivity contribution is -0.121. The summed E-state index contributed by atoms with van der Waals surface area (Å²) in [6, 6.07) is 15.1. The highest BCUT2D eigenvalue weighted by Crippen LogP contribution is 2.14. The molecule has 0 spiro atoms. The van der Waals surface area contributed by atoms with Crippen molar-refractivity contribution in [3.05, 3.63) is 65.7 Å². The average molecular weight is 341 g/mol. The Morgan fingerprint density at radius 3 is 2.16 bits per heavy atom. The van der Waals surface area contributed by atoms with Gasteiger partial charge < -0.3 is 14.4 Å². The molecule has 2 aromatic carbocycles. The fourth-order valence-electron chi connectivity index (χ4n) is 2.29. The number of nitrogens with zero attached hydrogens (tertiary/aromatic N) is 1. The van der Waals surface area contributed by atoms with Gasteiger partial charge in [0.2, 0.25) is 0 Å². The molecule has 0 aliphatic rings. The van der Waals surface area contributed by atoms with E-state index in [1.165, 1.54) is 30.2 Å². The van der Waals surface area contributed by atoms with Crippen LogP contribution in [0.15, 0.2) is 54.6 Å². The quantitative estimate of drug-likeness (QED) is 0.755. The zero-order chi connectivity index (χ0) is 18.2. The molecule has 0 radical (unpaired) electrons. The first-order valence-corrected chi connectivity index (χ1v) is 7.77. The molecule has 0 fully saturated rings. The van der Waals surface area contributed by atoms with Gasteiger partial charge in [0.05, 0.1) is 18.2 Å². The minimum Gasteiger partial charge on any atom is -0.465 e. The highest BCUT2D eigenvalue weighted by atomic mass is 16.5. The van der Waals surface area contributed by atoms with Crippen LogP contribution >= 0.6 is 0 Å². The molecule has 2 rings (SSSR count). The van der Waals surface area contributed by atoms with Gasteiger partial charge >= 0.3 is 11.9 Å². The molecular weight excluding hydrogens is 322 g/mol. The maximum Gasteiger partial charge on any atom is 0.338 e. The number of carbonyl (C=O) groups excluding carboxylic acids is 3. The Bertz CT molecular complexity index is 757. The molecule has 0 atom stereocenters. The molecule has 2 aromatic rings. The standard InChI is InChI=1S/C19H19NO5/c1-3-20(16-10-5-4-6-11-16)17(21)13-25-19(23)15-9-7-8-14(12-15)18(22)24-2/h4-12H,3,13H2,1-2H3. The predicted octanol–water partition coefficient (Wildman–Crippen LogP) is 2.68. The zero-order valence-corrected chi connectivity index (χ0v) is 14.1. The number of para-hydroxylation sites is 1. The summed E-state index contributed by atoms with van der Waals surface area (Å²) in [6.07, 6.45) is 0. The molecule has 1 amide bonds. The summed E-state index contributed by atoms with van der Waals surface area (Å²) in [4.78, 5) is 37.5. The molecule has 0 N–H and O–H groups in total. The largest absolute Gasteiger partial charge is 0.465 e. The number of anilines is 1. The first-order valence-electron chi connectivity index (χ1n) is 7.77. The number of benzene rings is 2. The summed E-state index contributed by atoms with van der Waals surface area (Å²) in [5, 5.41) is 0. The lowest BCUT2D eigenvalue weighted by atomic mass is 10.1. The van der Waals surface area contributed by atoms with Gasteiger partial charge in [-0.3, -0.25) is 4.79 Å². The molecule has 0 aliphatic heterocycles. The number of amides is 1. The van der Waals surface area contributed by atoms with E-state index < -0.39 is 11.9 Å². The summed E-state index contributed by atoms with van der Waals surface area (Å²) in [5.74, 6) is -1.55. The van der Waals surface area contributed by atoms with E-state index in [2.05, 4.69) is 4.74 Å². The molecular formula is C19H19NO5. The topological polar surface area (TPSA) is 72.9 Å². The monoisotopic (exact) mass is 341 g/mol. The van der Waals surface area contributed by atoms with Crippen LogP contribution in [0.3, 0.4) is 0 Å². The number of carbonyl (C=O) groups is 3. The van der Waals surface area contributed by atoms with Crippen LogP contribution in [0.1, 0.15) is 27.6 Å². The van der Waals surface area contributed by atoms with Crippen LogP contribution in [0.4, 0.5) is 5.69 Å². The van der Waals surface area contributed by atoms with Crippen molar-refractivity contribution in [2.75, 3.05) is 25.2 Å². The summed E-state index contributed by atoms with van der Waals surface area (Å²) in [6.45, 7) is 1.91. The lowest BCUT2D eigenvalue weighted by Gasteiger charge is -2.20. The Morgan fingerprint density at radius 1 is 0.920 bits per heavy atom. The number of likely N-dealkylation sites (N-methyl/N-ethyl adjacent to an activating group) is 1. The molecule has 25 heavy (non-hydrogen) atoms. The Kier molecular flexibility index (Phi) is 6.28. The van der Waals surface area contributed by atoms with Crippen LogP contribution < -0.4 is 4.90 Å². The van der Waals surface area contributed by atoms with Gasteiger partial charge in [0.25, 0.3) is 5.91 Å². The van der Waals surface area contributed by atoms with Gasteiger partial charge in [0.15, 0.2) is 6.61 Å². The van der Waals surface area contributed by atoms with E-state index in [-0.39, 0.29) is 23.6 Å². The SMILES string of the molecule is CCN(C(=O)COC(=O)c1cccc(C(=O)OC)c1)c1ccccc1. The zero-order valence-electron chi connectivity index (χ0n) is 14.1. The van der Waals surface area contributed by atoms with Crippen molar-refractivity contribution in [2.45, 2.75) is 6.92 Å². The maximum atomic E-state index is 12.3. The fraction of sp³-hybridized carbons (Fsp3) is 0.211. The molecule has 0 bridgehead atoms. The van der Waals surface area contributed by atoms with Gasteiger partial charge in [0, 0.05) is 12.2 Å². The summed E-state index contributed by atoms with van der Waals surface area (Å²) in [5.41, 5.74) is 1.15. The second kappa shape index (κ2) is 8.63. The molecule has 0 unspecified atom stereocenters. The molecule has 6 nitrogen and oxygen atoms in total. The first kappa shape index (κ1) is 18.2. The van der Waals surface area contributed by atoms with E-state index >= 15 is 0 Å². The summed E-state index contributed by atoms with van der Waals surface area (Å²) >= 11 is 0. The number of methoxy groups -OCH3 is 1.